The quantitative estimate of drug-likeness (QED) is 0.171. The molecule has 0 saturated carbocycles. The maximum atomic E-state index is 14.3. The maximum Gasteiger partial charge on any atom is 0.252 e. The molecule has 0 unspecified atom stereocenters. The highest BCUT2D eigenvalue weighted by atomic mass is 16.5. The molecule has 4 aromatic carbocycles. The summed E-state index contributed by atoms with van der Waals surface area (Å²) in [4.78, 5) is 19.4. The average Bonchev–Trinajstić information content (AvgIpc) is 3.47. The number of ether oxygens (including phenoxy) is 3. The SMILES string of the molecule is COc1cccc(CCNC(=O)[C@]2(C/C=C/c3ccccc3)N=C(c3ccc(OCCCO)cc3)O[C@@H]2c2ccccc2)c1. The van der Waals surface area contributed by atoms with E-state index < -0.39 is 11.6 Å². The van der Waals surface area contributed by atoms with Crippen LogP contribution in [-0.4, -0.2) is 49.3 Å². The number of amides is 1. The van der Waals surface area contributed by atoms with Gasteiger partial charge in [-0.2, -0.15) is 0 Å². The Bertz CT molecular complexity index is 1550. The molecule has 0 aromatic heterocycles. The molecular formula is C37H38N2O5. The Kier molecular flexibility index (Phi) is 10.4. The Morgan fingerprint density at radius 1 is 0.955 bits per heavy atom. The topological polar surface area (TPSA) is 89.4 Å². The fourth-order valence-electron chi connectivity index (χ4n) is 5.18. The number of benzene rings is 4. The fraction of sp³-hybridized carbons (Fsp3) is 0.243. The van der Waals surface area contributed by atoms with Crippen molar-refractivity contribution >= 4 is 17.9 Å². The molecule has 1 amide bonds. The number of hydrogen-bond donors (Lipinski definition) is 2. The van der Waals surface area contributed by atoms with E-state index in [0.29, 0.717) is 44.1 Å². The molecule has 4 aromatic rings. The van der Waals surface area contributed by atoms with Gasteiger partial charge in [0.05, 0.1) is 13.7 Å². The lowest BCUT2D eigenvalue weighted by Gasteiger charge is -2.29. The Balaban J connectivity index is 1.46. The minimum absolute atomic E-state index is 0.0754. The number of aliphatic hydroxyl groups excluding tert-OH is 1. The van der Waals surface area contributed by atoms with Crippen LogP contribution in [0.3, 0.4) is 0 Å². The van der Waals surface area contributed by atoms with Gasteiger partial charge in [0, 0.05) is 31.6 Å². The molecule has 0 spiro atoms. The number of aliphatic hydroxyl groups is 1. The van der Waals surface area contributed by atoms with E-state index in [-0.39, 0.29) is 12.5 Å². The normalized spacial score (nSPS) is 17.6. The van der Waals surface area contributed by atoms with Crippen molar-refractivity contribution in [2.75, 3.05) is 26.9 Å². The van der Waals surface area contributed by atoms with Crippen molar-refractivity contribution in [3.8, 4) is 11.5 Å². The van der Waals surface area contributed by atoms with Crippen molar-refractivity contribution < 1.29 is 24.1 Å². The number of nitrogens with zero attached hydrogens (tertiary/aromatic N) is 1. The number of carbonyl (C=O) groups excluding carboxylic acids is 1. The number of hydrogen-bond acceptors (Lipinski definition) is 6. The predicted molar refractivity (Wildman–Crippen MR) is 173 cm³/mol. The Hall–Kier alpha value is -4.88. The molecule has 0 radical (unpaired) electrons. The molecule has 2 atom stereocenters. The molecular weight excluding hydrogens is 552 g/mol. The van der Waals surface area contributed by atoms with Gasteiger partial charge in [0.1, 0.15) is 11.5 Å². The number of rotatable bonds is 14. The summed E-state index contributed by atoms with van der Waals surface area (Å²) in [5.41, 5.74) is 2.48. The molecule has 5 rings (SSSR count). The zero-order valence-corrected chi connectivity index (χ0v) is 24.9. The summed E-state index contributed by atoms with van der Waals surface area (Å²) in [5.74, 6) is 1.67. The predicted octanol–water partition coefficient (Wildman–Crippen LogP) is 6.18. The fourth-order valence-corrected chi connectivity index (χ4v) is 5.18. The van der Waals surface area contributed by atoms with E-state index in [0.717, 1.165) is 28.0 Å². The summed E-state index contributed by atoms with van der Waals surface area (Å²) in [6, 6.07) is 35.1. The van der Waals surface area contributed by atoms with E-state index in [1.54, 1.807) is 7.11 Å². The minimum Gasteiger partial charge on any atom is -0.497 e. The van der Waals surface area contributed by atoms with Gasteiger partial charge in [-0.1, -0.05) is 84.9 Å². The van der Waals surface area contributed by atoms with Crippen molar-refractivity contribution in [2.24, 2.45) is 4.99 Å². The van der Waals surface area contributed by atoms with Crippen LogP contribution in [0.25, 0.3) is 6.08 Å². The molecule has 1 heterocycles. The molecule has 0 bridgehead atoms. The van der Waals surface area contributed by atoms with Crippen LogP contribution in [0.1, 0.15) is 41.2 Å². The first-order valence-electron chi connectivity index (χ1n) is 14.9. The van der Waals surface area contributed by atoms with Gasteiger partial charge in [0.15, 0.2) is 11.6 Å². The summed E-state index contributed by atoms with van der Waals surface area (Å²) >= 11 is 0. The van der Waals surface area contributed by atoms with Crippen LogP contribution in [0.2, 0.25) is 0 Å². The minimum atomic E-state index is -1.24. The van der Waals surface area contributed by atoms with Crippen molar-refractivity contribution in [3.63, 3.8) is 0 Å². The number of methoxy groups -OCH3 is 1. The lowest BCUT2D eigenvalue weighted by Crippen LogP contribution is -2.48. The van der Waals surface area contributed by atoms with E-state index in [2.05, 4.69) is 5.32 Å². The van der Waals surface area contributed by atoms with Gasteiger partial charge in [-0.05, 0) is 59.5 Å². The molecule has 1 aliphatic heterocycles. The van der Waals surface area contributed by atoms with Crippen molar-refractivity contribution in [2.45, 2.75) is 30.9 Å². The summed E-state index contributed by atoms with van der Waals surface area (Å²) in [6.45, 7) is 0.935. The van der Waals surface area contributed by atoms with Crippen molar-refractivity contribution in [3.05, 3.63) is 138 Å². The first-order chi connectivity index (χ1) is 21.6. The maximum absolute atomic E-state index is 14.3. The number of nitrogens with one attached hydrogen (secondary N) is 1. The van der Waals surface area contributed by atoms with E-state index >= 15 is 0 Å². The summed E-state index contributed by atoms with van der Waals surface area (Å²) in [5, 5.41) is 12.2. The lowest BCUT2D eigenvalue weighted by atomic mass is 9.84. The van der Waals surface area contributed by atoms with Crippen LogP contribution in [0, 0.1) is 0 Å². The lowest BCUT2D eigenvalue weighted by molar-refractivity contribution is -0.128. The molecule has 2 N–H and O–H groups in total. The Morgan fingerprint density at radius 3 is 2.43 bits per heavy atom. The second kappa shape index (κ2) is 15.0. The molecule has 0 fully saturated rings. The number of carbonyl (C=O) groups is 1. The third-order valence-corrected chi connectivity index (χ3v) is 7.50. The van der Waals surface area contributed by atoms with Crippen LogP contribution in [0.15, 0.2) is 120 Å². The van der Waals surface area contributed by atoms with Gasteiger partial charge >= 0.3 is 0 Å². The third kappa shape index (κ3) is 7.54. The molecule has 226 valence electrons. The monoisotopic (exact) mass is 590 g/mol. The van der Waals surface area contributed by atoms with Gasteiger partial charge < -0.3 is 24.6 Å². The van der Waals surface area contributed by atoms with Crippen LogP contribution in [-0.2, 0) is 16.0 Å². The highest BCUT2D eigenvalue weighted by Gasteiger charge is 2.52. The van der Waals surface area contributed by atoms with E-state index in [1.165, 1.54) is 0 Å². The van der Waals surface area contributed by atoms with Gasteiger partial charge in [-0.25, -0.2) is 4.99 Å². The average molecular weight is 591 g/mol. The van der Waals surface area contributed by atoms with Crippen LogP contribution in [0.4, 0.5) is 0 Å². The molecule has 7 nitrogen and oxygen atoms in total. The molecule has 7 heteroatoms. The van der Waals surface area contributed by atoms with Gasteiger partial charge in [-0.3, -0.25) is 4.79 Å². The second-order valence-electron chi connectivity index (χ2n) is 10.6. The number of aliphatic imine (C=N–C) groups is 1. The summed E-state index contributed by atoms with van der Waals surface area (Å²) in [7, 11) is 1.64. The van der Waals surface area contributed by atoms with Crippen molar-refractivity contribution in [1.29, 1.82) is 0 Å². The molecule has 1 aliphatic rings. The molecule has 0 aliphatic carbocycles. The standard InChI is InChI=1S/C37H38N2O5/c1-42-33-17-8-13-29(27-33)22-24-38-36(41)37(23-9-14-28-11-4-2-5-12-28)34(30-15-6-3-7-16-30)44-35(39-37)31-18-20-32(21-19-31)43-26-10-25-40/h2-9,11-21,27,34,40H,10,22-26H2,1H3,(H,38,41)/b14-9+/t34-,37-/m1/s1. The highest BCUT2D eigenvalue weighted by molar-refractivity contribution is 6.01. The zero-order valence-electron chi connectivity index (χ0n) is 24.9. The summed E-state index contributed by atoms with van der Waals surface area (Å²) < 4.78 is 17.6. The van der Waals surface area contributed by atoms with Gasteiger partial charge in [-0.15, -0.1) is 0 Å². The largest absolute Gasteiger partial charge is 0.497 e. The van der Waals surface area contributed by atoms with Gasteiger partial charge in [0.25, 0.3) is 5.91 Å². The highest BCUT2D eigenvalue weighted by Crippen LogP contribution is 2.43. The molecule has 44 heavy (non-hydrogen) atoms. The second-order valence-corrected chi connectivity index (χ2v) is 10.6. The Morgan fingerprint density at radius 2 is 1.70 bits per heavy atom. The van der Waals surface area contributed by atoms with Gasteiger partial charge in [0.2, 0.25) is 5.90 Å². The van der Waals surface area contributed by atoms with E-state index in [4.69, 9.17) is 24.3 Å². The van der Waals surface area contributed by atoms with E-state index in [9.17, 15) is 4.79 Å². The van der Waals surface area contributed by atoms with Crippen LogP contribution < -0.4 is 14.8 Å². The smallest absolute Gasteiger partial charge is 0.252 e. The first kappa shape index (κ1) is 30.6. The molecule has 0 saturated heterocycles. The summed E-state index contributed by atoms with van der Waals surface area (Å²) in [6.07, 6.45) is 4.90. The zero-order chi connectivity index (χ0) is 30.6. The first-order valence-corrected chi connectivity index (χ1v) is 14.9. The third-order valence-electron chi connectivity index (χ3n) is 7.50. The van der Waals surface area contributed by atoms with Crippen LogP contribution in [0.5, 0.6) is 11.5 Å². The Labute approximate surface area is 258 Å². The van der Waals surface area contributed by atoms with Crippen molar-refractivity contribution in [1.82, 2.24) is 5.32 Å². The van der Waals surface area contributed by atoms with E-state index in [1.807, 2.05) is 121 Å². The van der Waals surface area contributed by atoms with Crippen LogP contribution >= 0.6 is 0 Å².